The van der Waals surface area contributed by atoms with Crippen molar-refractivity contribution in [2.75, 3.05) is 0 Å². The summed E-state index contributed by atoms with van der Waals surface area (Å²) in [5.74, 6) is 3.71. The van der Waals surface area contributed by atoms with Crippen molar-refractivity contribution in [1.29, 1.82) is 0 Å². The summed E-state index contributed by atoms with van der Waals surface area (Å²) in [6, 6.07) is 108. The lowest BCUT2D eigenvalue weighted by Gasteiger charge is -2.35. The first-order chi connectivity index (χ1) is 43.4. The normalized spacial score (nSPS) is 13.1. The quantitative estimate of drug-likeness (QED) is 0.128. The van der Waals surface area contributed by atoms with Crippen molar-refractivity contribution in [3.8, 4) is 124 Å². The van der Waals surface area contributed by atoms with Gasteiger partial charge in [0.15, 0.2) is 34.9 Å². The van der Waals surface area contributed by atoms with Crippen molar-refractivity contribution in [3.63, 3.8) is 0 Å². The number of fused-ring (bicyclic) bond motifs is 6. The van der Waals surface area contributed by atoms with Gasteiger partial charge >= 0.3 is 0 Å². The number of hydrogen-bond acceptors (Lipinski definition) is 6. The van der Waals surface area contributed by atoms with E-state index in [1.165, 1.54) is 44.5 Å². The van der Waals surface area contributed by atoms with Crippen molar-refractivity contribution in [2.24, 2.45) is 0 Å². The molecule has 0 spiro atoms. The SMILES string of the molecule is CC1(C)c2ccccc2-c2c(-c3nc(-c4ccccc4)nc(-c4ccc(-c5cccc(-c6ccc(-c7nc(-c8ccc(-c9ccccc9)cc8)nc(-c8cccc9c8C(c8ccccc8)(c8ccccc8)c8ccccc8-9)n7)cc6)c5)cc4)n3)cccc21. The van der Waals surface area contributed by atoms with Gasteiger partial charge in [-0.25, -0.2) is 29.9 Å². The molecule has 0 radical (unpaired) electrons. The summed E-state index contributed by atoms with van der Waals surface area (Å²) >= 11 is 0. The van der Waals surface area contributed by atoms with Gasteiger partial charge in [-0.15, -0.1) is 0 Å². The van der Waals surface area contributed by atoms with Crippen molar-refractivity contribution < 1.29 is 0 Å². The lowest BCUT2D eigenvalue weighted by atomic mass is 9.66. The van der Waals surface area contributed by atoms with Crippen molar-refractivity contribution in [3.05, 3.63) is 337 Å². The van der Waals surface area contributed by atoms with Crippen LogP contribution in [0.15, 0.2) is 303 Å². The highest BCUT2D eigenvalue weighted by Crippen LogP contribution is 2.59. The van der Waals surface area contributed by atoms with Crippen LogP contribution in [-0.4, -0.2) is 29.9 Å². The molecule has 88 heavy (non-hydrogen) atoms. The third-order valence-electron chi connectivity index (χ3n) is 17.9. The highest BCUT2D eigenvalue weighted by Gasteiger charge is 2.48. The highest BCUT2D eigenvalue weighted by atomic mass is 15.0. The van der Waals surface area contributed by atoms with Crippen LogP contribution in [0.1, 0.15) is 47.2 Å². The Kier molecular flexibility index (Phi) is 12.7. The molecule has 0 unspecified atom stereocenters. The molecule has 2 aliphatic rings. The fourth-order valence-corrected chi connectivity index (χ4v) is 13.7. The van der Waals surface area contributed by atoms with Gasteiger partial charge in [0, 0.05) is 38.8 Å². The Morgan fingerprint density at radius 3 is 1.07 bits per heavy atom. The zero-order chi connectivity index (χ0) is 58.8. The summed E-state index contributed by atoms with van der Waals surface area (Å²) in [5, 5.41) is 0. The highest BCUT2D eigenvalue weighted by molar-refractivity contribution is 5.93. The second kappa shape index (κ2) is 21.3. The van der Waals surface area contributed by atoms with Gasteiger partial charge in [-0.2, -0.15) is 0 Å². The van der Waals surface area contributed by atoms with Crippen LogP contribution in [-0.2, 0) is 10.8 Å². The lowest BCUT2D eigenvalue weighted by Crippen LogP contribution is -2.29. The molecule has 0 atom stereocenters. The molecule has 6 heteroatoms. The summed E-state index contributed by atoms with van der Waals surface area (Å²) in [5.41, 5.74) is 23.5. The van der Waals surface area contributed by atoms with Crippen LogP contribution < -0.4 is 0 Å². The van der Waals surface area contributed by atoms with Gasteiger partial charge in [0.05, 0.1) is 5.41 Å². The van der Waals surface area contributed by atoms with Crippen LogP contribution in [0, 0.1) is 0 Å². The summed E-state index contributed by atoms with van der Waals surface area (Å²) in [7, 11) is 0. The minimum absolute atomic E-state index is 0.154. The van der Waals surface area contributed by atoms with E-state index in [0.717, 1.165) is 77.9 Å². The van der Waals surface area contributed by atoms with E-state index >= 15 is 0 Å². The first kappa shape index (κ1) is 52.2. The van der Waals surface area contributed by atoms with Gasteiger partial charge in [-0.1, -0.05) is 311 Å². The predicted octanol–water partition coefficient (Wildman–Crippen LogP) is 19.7. The third kappa shape index (κ3) is 8.79. The third-order valence-corrected chi connectivity index (χ3v) is 17.9. The van der Waals surface area contributed by atoms with Crippen molar-refractivity contribution in [1.82, 2.24) is 29.9 Å². The molecule has 0 N–H and O–H groups in total. The van der Waals surface area contributed by atoms with Crippen LogP contribution in [0.5, 0.6) is 0 Å². The van der Waals surface area contributed by atoms with Crippen LogP contribution in [0.25, 0.3) is 124 Å². The molecular formula is C82H56N6. The smallest absolute Gasteiger partial charge is 0.164 e. The van der Waals surface area contributed by atoms with E-state index in [0.29, 0.717) is 34.9 Å². The Labute approximate surface area is 512 Å². The molecule has 0 aliphatic heterocycles. The Bertz CT molecular complexity index is 4910. The first-order valence-corrected chi connectivity index (χ1v) is 30.0. The molecule has 0 bridgehead atoms. The van der Waals surface area contributed by atoms with E-state index in [2.05, 4.69) is 293 Å². The zero-order valence-corrected chi connectivity index (χ0v) is 48.6. The Balaban J connectivity index is 0.761. The van der Waals surface area contributed by atoms with E-state index in [1.54, 1.807) is 0 Å². The summed E-state index contributed by atoms with van der Waals surface area (Å²) in [6.45, 7) is 4.60. The largest absolute Gasteiger partial charge is 0.208 e. The second-order valence-corrected chi connectivity index (χ2v) is 23.3. The molecule has 0 amide bonds. The van der Waals surface area contributed by atoms with Gasteiger partial charge in [0.2, 0.25) is 0 Å². The Morgan fingerprint density at radius 2 is 0.534 bits per heavy atom. The van der Waals surface area contributed by atoms with E-state index in [4.69, 9.17) is 29.9 Å². The van der Waals surface area contributed by atoms with Crippen molar-refractivity contribution in [2.45, 2.75) is 24.7 Å². The van der Waals surface area contributed by atoms with E-state index < -0.39 is 5.41 Å². The number of rotatable bonds is 11. The van der Waals surface area contributed by atoms with Gasteiger partial charge in [0.1, 0.15) is 0 Å². The van der Waals surface area contributed by atoms with Crippen LogP contribution in [0.2, 0.25) is 0 Å². The number of aromatic nitrogens is 6. The van der Waals surface area contributed by atoms with Gasteiger partial charge in [0.25, 0.3) is 0 Å². The average molecular weight is 1130 g/mol. The van der Waals surface area contributed by atoms with Gasteiger partial charge < -0.3 is 0 Å². The minimum atomic E-state index is -0.659. The van der Waals surface area contributed by atoms with E-state index in [9.17, 15) is 0 Å². The van der Waals surface area contributed by atoms with Crippen LogP contribution >= 0.6 is 0 Å². The number of benzene rings is 12. The molecule has 414 valence electrons. The zero-order valence-electron chi connectivity index (χ0n) is 48.6. The molecule has 6 nitrogen and oxygen atoms in total. The lowest BCUT2D eigenvalue weighted by molar-refractivity contribution is 0.660. The van der Waals surface area contributed by atoms with Crippen LogP contribution in [0.4, 0.5) is 0 Å². The second-order valence-electron chi connectivity index (χ2n) is 23.3. The fourth-order valence-electron chi connectivity index (χ4n) is 13.7. The Morgan fingerprint density at radius 1 is 0.216 bits per heavy atom. The van der Waals surface area contributed by atoms with Crippen molar-refractivity contribution >= 4 is 0 Å². The molecule has 0 saturated carbocycles. The van der Waals surface area contributed by atoms with E-state index in [-0.39, 0.29) is 5.41 Å². The number of nitrogens with zero attached hydrogens (tertiary/aromatic N) is 6. The molecule has 16 rings (SSSR count). The molecule has 0 fully saturated rings. The molecule has 14 aromatic rings. The topological polar surface area (TPSA) is 77.3 Å². The minimum Gasteiger partial charge on any atom is -0.208 e. The maximum absolute atomic E-state index is 5.48. The van der Waals surface area contributed by atoms with Gasteiger partial charge in [-0.05, 0) is 95.1 Å². The monoisotopic (exact) mass is 1120 g/mol. The average Bonchev–Trinajstić information content (AvgIpc) is 1.54. The first-order valence-electron chi connectivity index (χ1n) is 30.0. The number of hydrogen-bond donors (Lipinski definition) is 0. The Hall–Kier alpha value is -11.3. The summed E-state index contributed by atoms with van der Waals surface area (Å²) < 4.78 is 0. The maximum atomic E-state index is 5.48. The molecular weight excluding hydrogens is 1070 g/mol. The molecule has 2 aliphatic carbocycles. The maximum Gasteiger partial charge on any atom is 0.164 e. The summed E-state index contributed by atoms with van der Waals surface area (Å²) in [6.07, 6.45) is 0. The molecule has 2 aromatic heterocycles. The van der Waals surface area contributed by atoms with Gasteiger partial charge in [-0.3, -0.25) is 0 Å². The van der Waals surface area contributed by atoms with Crippen LogP contribution in [0.3, 0.4) is 0 Å². The van der Waals surface area contributed by atoms with E-state index in [1.807, 2.05) is 24.3 Å². The molecule has 0 saturated heterocycles. The fraction of sp³-hybridized carbons (Fsp3) is 0.0488. The molecule has 12 aromatic carbocycles. The standard InChI is InChI=1S/C82H56N6/c1-81(2)70-37-17-16-33-67(70)73-68(35-21-39-72(73)81)79-85-75(57-24-9-4-10-25-57)83-76(86-79)59-48-42-55(43-49-59)61-26-19-27-62(52-61)56-44-50-60(51-45-56)78-84-77(58-46-40-54(41-47-58)53-22-7-3-8-23-53)87-80(88-78)69-36-20-34-66-65-32-15-18-38-71(65)82(74(66)69,63-28-11-5-12-29-63)64-30-13-6-14-31-64/h3-52H,1-2H3. The summed E-state index contributed by atoms with van der Waals surface area (Å²) in [4.78, 5) is 31.8. The molecule has 2 heterocycles. The predicted molar refractivity (Wildman–Crippen MR) is 357 cm³/mol.